The van der Waals surface area contributed by atoms with Gasteiger partial charge in [0.05, 0.1) is 11.3 Å². The van der Waals surface area contributed by atoms with Crippen LogP contribution in [0.25, 0.3) is 0 Å². The number of nitrogens with zero attached hydrogens (tertiary/aromatic N) is 1. The fourth-order valence-electron chi connectivity index (χ4n) is 1.79. The van der Waals surface area contributed by atoms with Gasteiger partial charge in [-0.1, -0.05) is 12.1 Å². The summed E-state index contributed by atoms with van der Waals surface area (Å²) in [7, 11) is -4.09. The minimum absolute atomic E-state index is 0.0594. The van der Waals surface area contributed by atoms with Crippen molar-refractivity contribution in [3.8, 4) is 0 Å². The van der Waals surface area contributed by atoms with Crippen LogP contribution >= 0.6 is 0 Å². The first kappa shape index (κ1) is 17.8. The lowest BCUT2D eigenvalue weighted by atomic mass is 10.2. The Morgan fingerprint density at radius 3 is 2.79 bits per heavy atom. The maximum absolute atomic E-state index is 13.8. The molecular weight excluding hydrogens is 335 g/mol. The number of hydrogen-bond acceptors (Lipinski definition) is 5. The van der Waals surface area contributed by atoms with Gasteiger partial charge in [-0.15, -0.1) is 6.58 Å². The highest BCUT2D eigenvalue weighted by Gasteiger charge is 2.21. The number of pyridine rings is 1. The van der Waals surface area contributed by atoms with E-state index < -0.39 is 26.7 Å². The monoisotopic (exact) mass is 350 g/mol. The maximum Gasteiger partial charge on any atom is 0.338 e. The lowest BCUT2D eigenvalue weighted by molar-refractivity contribution is 0.0467. The fourth-order valence-corrected chi connectivity index (χ4v) is 2.89. The number of hydrogen-bond donors (Lipinski definition) is 1. The number of carbonyl (C=O) groups is 1. The lowest BCUT2D eigenvalue weighted by Crippen LogP contribution is -2.25. The van der Waals surface area contributed by atoms with Gasteiger partial charge >= 0.3 is 5.97 Å². The van der Waals surface area contributed by atoms with E-state index in [1.807, 2.05) is 0 Å². The third-order valence-corrected chi connectivity index (χ3v) is 4.39. The highest BCUT2D eigenvalue weighted by Crippen LogP contribution is 2.17. The van der Waals surface area contributed by atoms with Crippen LogP contribution in [0.3, 0.4) is 0 Å². The van der Waals surface area contributed by atoms with E-state index in [0.717, 1.165) is 18.2 Å². The van der Waals surface area contributed by atoms with Crippen molar-refractivity contribution < 1.29 is 22.3 Å². The lowest BCUT2D eigenvalue weighted by Gasteiger charge is -2.08. The van der Waals surface area contributed by atoms with Gasteiger partial charge in [0.15, 0.2) is 0 Å². The van der Waals surface area contributed by atoms with Gasteiger partial charge in [0.25, 0.3) is 0 Å². The molecule has 1 heterocycles. The van der Waals surface area contributed by atoms with Crippen LogP contribution in [0.15, 0.2) is 60.1 Å². The van der Waals surface area contributed by atoms with Crippen molar-refractivity contribution in [1.29, 1.82) is 0 Å². The molecule has 0 spiro atoms. The number of ether oxygens (including phenoxy) is 1. The van der Waals surface area contributed by atoms with E-state index in [0.29, 0.717) is 5.69 Å². The normalized spacial score (nSPS) is 11.0. The number of benzene rings is 1. The first-order chi connectivity index (χ1) is 11.4. The number of nitrogens with one attached hydrogen (secondary N) is 1. The van der Waals surface area contributed by atoms with Crippen LogP contribution in [0.5, 0.6) is 0 Å². The van der Waals surface area contributed by atoms with E-state index >= 15 is 0 Å². The average molecular weight is 350 g/mol. The van der Waals surface area contributed by atoms with E-state index in [1.54, 1.807) is 24.4 Å². The van der Waals surface area contributed by atoms with E-state index in [1.165, 1.54) is 6.08 Å². The van der Waals surface area contributed by atoms with Crippen LogP contribution < -0.4 is 4.72 Å². The molecule has 0 aliphatic carbocycles. The summed E-state index contributed by atoms with van der Waals surface area (Å²) in [6.07, 6.45) is 2.87. The number of halogens is 1. The van der Waals surface area contributed by atoms with Gasteiger partial charge in [-0.05, 0) is 30.3 Å². The molecule has 1 aromatic carbocycles. The van der Waals surface area contributed by atoms with Crippen LogP contribution in [-0.2, 0) is 21.4 Å². The minimum atomic E-state index is -4.09. The second kappa shape index (κ2) is 7.80. The summed E-state index contributed by atoms with van der Waals surface area (Å²) in [4.78, 5) is 15.4. The number of esters is 1. The van der Waals surface area contributed by atoms with Crippen LogP contribution in [-0.4, -0.2) is 25.9 Å². The van der Waals surface area contributed by atoms with Crippen LogP contribution in [0.4, 0.5) is 4.39 Å². The number of rotatable bonds is 7. The fraction of sp³-hybridized carbons (Fsp3) is 0.125. The van der Waals surface area contributed by atoms with Crippen molar-refractivity contribution in [2.75, 3.05) is 6.54 Å². The largest absolute Gasteiger partial charge is 0.456 e. The zero-order valence-electron chi connectivity index (χ0n) is 12.6. The Hall–Kier alpha value is -2.58. The van der Waals surface area contributed by atoms with Gasteiger partial charge in [0.1, 0.15) is 17.3 Å². The molecule has 0 unspecified atom stereocenters. The summed E-state index contributed by atoms with van der Waals surface area (Å²) >= 11 is 0. The third kappa shape index (κ3) is 4.46. The second-order valence-corrected chi connectivity index (χ2v) is 6.42. The Morgan fingerprint density at radius 1 is 1.33 bits per heavy atom. The highest BCUT2D eigenvalue weighted by atomic mass is 32.2. The Bertz CT molecular complexity index is 838. The van der Waals surface area contributed by atoms with Gasteiger partial charge < -0.3 is 4.74 Å². The number of sulfonamides is 1. The van der Waals surface area contributed by atoms with Crippen molar-refractivity contribution in [2.24, 2.45) is 0 Å². The summed E-state index contributed by atoms with van der Waals surface area (Å²) < 4.78 is 45.0. The molecule has 0 saturated heterocycles. The first-order valence-corrected chi connectivity index (χ1v) is 8.39. The van der Waals surface area contributed by atoms with Gasteiger partial charge in [-0.25, -0.2) is 22.3 Å². The zero-order valence-corrected chi connectivity index (χ0v) is 13.4. The number of carbonyl (C=O) groups excluding carboxylic acids is 1. The summed E-state index contributed by atoms with van der Waals surface area (Å²) in [6, 6.07) is 8.12. The molecule has 6 nitrogen and oxygen atoms in total. The van der Waals surface area contributed by atoms with Gasteiger partial charge in [-0.3, -0.25) is 4.98 Å². The molecule has 0 radical (unpaired) electrons. The van der Waals surface area contributed by atoms with Gasteiger partial charge in [0.2, 0.25) is 10.0 Å². The Kier molecular flexibility index (Phi) is 5.78. The van der Waals surface area contributed by atoms with E-state index in [-0.39, 0.29) is 18.7 Å². The predicted octanol–water partition coefficient (Wildman–Crippen LogP) is 2.04. The summed E-state index contributed by atoms with van der Waals surface area (Å²) in [5.74, 6) is -1.74. The highest BCUT2D eigenvalue weighted by molar-refractivity contribution is 7.89. The topological polar surface area (TPSA) is 85.4 Å². The van der Waals surface area contributed by atoms with Crippen molar-refractivity contribution in [3.63, 3.8) is 0 Å². The standard InChI is InChI=1S/C16H15FN2O4S/c1-2-8-19-24(21,22)15-10-12(6-7-14(15)17)16(20)23-11-13-5-3-4-9-18-13/h2-7,9-10,19H,1,8,11H2. The summed E-state index contributed by atoms with van der Waals surface area (Å²) in [6.45, 7) is 3.24. The molecule has 8 heteroatoms. The zero-order chi connectivity index (χ0) is 17.6. The van der Waals surface area contributed by atoms with Crippen LogP contribution in [0.1, 0.15) is 16.1 Å². The van der Waals surface area contributed by atoms with Gasteiger partial charge in [0, 0.05) is 12.7 Å². The summed E-state index contributed by atoms with van der Waals surface area (Å²) in [5, 5.41) is 0. The SMILES string of the molecule is C=CCNS(=O)(=O)c1cc(C(=O)OCc2ccccn2)ccc1F. The van der Waals surface area contributed by atoms with Crippen molar-refractivity contribution in [2.45, 2.75) is 11.5 Å². The first-order valence-electron chi connectivity index (χ1n) is 6.91. The van der Waals surface area contributed by atoms with Crippen LogP contribution in [0.2, 0.25) is 0 Å². The molecule has 1 aromatic heterocycles. The van der Waals surface area contributed by atoms with E-state index in [9.17, 15) is 17.6 Å². The molecule has 0 saturated carbocycles. The third-order valence-electron chi connectivity index (χ3n) is 2.95. The Balaban J connectivity index is 2.18. The van der Waals surface area contributed by atoms with E-state index in [2.05, 4.69) is 16.3 Å². The molecule has 0 atom stereocenters. The van der Waals surface area contributed by atoms with Crippen LogP contribution in [0, 0.1) is 5.82 Å². The van der Waals surface area contributed by atoms with Crippen molar-refractivity contribution >= 4 is 16.0 Å². The predicted molar refractivity (Wildman–Crippen MR) is 85.1 cm³/mol. The molecule has 24 heavy (non-hydrogen) atoms. The molecule has 126 valence electrons. The molecule has 2 rings (SSSR count). The Morgan fingerprint density at radius 2 is 2.12 bits per heavy atom. The molecular formula is C16H15FN2O4S. The van der Waals surface area contributed by atoms with Crippen molar-refractivity contribution in [1.82, 2.24) is 9.71 Å². The molecule has 2 aromatic rings. The Labute approximate surface area is 139 Å². The summed E-state index contributed by atoms with van der Waals surface area (Å²) in [5.41, 5.74) is 0.458. The molecule has 0 amide bonds. The molecule has 0 aliphatic rings. The molecule has 0 bridgehead atoms. The van der Waals surface area contributed by atoms with Gasteiger partial charge in [-0.2, -0.15) is 0 Å². The van der Waals surface area contributed by atoms with E-state index in [4.69, 9.17) is 4.74 Å². The second-order valence-electron chi connectivity index (χ2n) is 4.68. The molecule has 0 fully saturated rings. The quantitative estimate of drug-likeness (QED) is 0.610. The average Bonchev–Trinajstić information content (AvgIpc) is 2.59. The maximum atomic E-state index is 13.8. The number of aromatic nitrogens is 1. The van der Waals surface area contributed by atoms with Crippen molar-refractivity contribution in [3.05, 3.63) is 72.3 Å². The molecule has 0 aliphatic heterocycles. The molecule has 1 N–H and O–H groups in total. The smallest absolute Gasteiger partial charge is 0.338 e. The minimum Gasteiger partial charge on any atom is -0.456 e.